The molecule has 1 heterocycles. The fourth-order valence-corrected chi connectivity index (χ4v) is 4.54. The van der Waals surface area contributed by atoms with Gasteiger partial charge in [-0.3, -0.25) is 4.18 Å². The van der Waals surface area contributed by atoms with E-state index in [9.17, 15) is 8.42 Å². The van der Waals surface area contributed by atoms with Crippen LogP contribution in [0.15, 0.2) is 29.2 Å². The maximum Gasteiger partial charge on any atom is 0.296 e. The fraction of sp³-hybridized carbons (Fsp3) is 0.647. The third kappa shape index (κ3) is 3.70. The van der Waals surface area contributed by atoms with Crippen molar-refractivity contribution >= 4 is 10.1 Å². The van der Waals surface area contributed by atoms with Gasteiger partial charge in [0.05, 0.1) is 17.6 Å². The molecule has 3 atom stereocenters. The Labute approximate surface area is 132 Å². The van der Waals surface area contributed by atoms with E-state index in [1.807, 2.05) is 6.92 Å². The minimum Gasteiger partial charge on any atom is -0.378 e. The first kappa shape index (κ1) is 16.0. The van der Waals surface area contributed by atoms with Gasteiger partial charge in [-0.1, -0.05) is 17.7 Å². The maximum atomic E-state index is 12.1. The Hall–Kier alpha value is -0.910. The molecule has 1 saturated carbocycles. The van der Waals surface area contributed by atoms with Gasteiger partial charge in [0.25, 0.3) is 10.1 Å². The lowest BCUT2D eigenvalue weighted by molar-refractivity contribution is -0.0100. The molecular weight excluding hydrogens is 300 g/mol. The zero-order valence-electron chi connectivity index (χ0n) is 13.0. The van der Waals surface area contributed by atoms with Gasteiger partial charge in [0, 0.05) is 6.61 Å². The molecule has 122 valence electrons. The molecule has 1 aliphatic carbocycles. The van der Waals surface area contributed by atoms with Gasteiger partial charge < -0.3 is 4.74 Å². The number of rotatable bonds is 5. The molecule has 2 aliphatic rings. The number of ether oxygens (including phenoxy) is 1. The zero-order chi connectivity index (χ0) is 15.6. The predicted molar refractivity (Wildman–Crippen MR) is 84.1 cm³/mol. The second kappa shape index (κ2) is 6.69. The molecule has 1 aromatic carbocycles. The van der Waals surface area contributed by atoms with Gasteiger partial charge in [-0.15, -0.1) is 0 Å². The van der Waals surface area contributed by atoms with Crippen LogP contribution in [-0.2, 0) is 19.0 Å². The van der Waals surface area contributed by atoms with Crippen LogP contribution in [0.2, 0.25) is 0 Å². The lowest BCUT2D eigenvalue weighted by Crippen LogP contribution is -2.24. The first-order valence-electron chi connectivity index (χ1n) is 8.12. The number of hydrogen-bond donors (Lipinski definition) is 0. The summed E-state index contributed by atoms with van der Waals surface area (Å²) in [7, 11) is -3.63. The lowest BCUT2D eigenvalue weighted by Gasteiger charge is -2.25. The minimum absolute atomic E-state index is 0.238. The third-order valence-corrected chi connectivity index (χ3v) is 6.18. The monoisotopic (exact) mass is 324 g/mol. The van der Waals surface area contributed by atoms with Crippen molar-refractivity contribution in [2.24, 2.45) is 11.8 Å². The van der Waals surface area contributed by atoms with Crippen molar-refractivity contribution in [1.29, 1.82) is 0 Å². The van der Waals surface area contributed by atoms with Gasteiger partial charge >= 0.3 is 0 Å². The molecule has 0 spiro atoms. The van der Waals surface area contributed by atoms with Gasteiger partial charge in [0.2, 0.25) is 0 Å². The molecule has 2 fully saturated rings. The predicted octanol–water partition coefficient (Wildman–Crippen LogP) is 3.30. The molecule has 1 saturated heterocycles. The Morgan fingerprint density at radius 3 is 2.73 bits per heavy atom. The van der Waals surface area contributed by atoms with Crippen molar-refractivity contribution in [2.45, 2.75) is 50.0 Å². The van der Waals surface area contributed by atoms with E-state index in [2.05, 4.69) is 0 Å². The third-order valence-electron chi connectivity index (χ3n) is 4.85. The maximum absolute atomic E-state index is 12.1. The van der Waals surface area contributed by atoms with E-state index in [4.69, 9.17) is 8.92 Å². The van der Waals surface area contributed by atoms with Crippen LogP contribution in [0.3, 0.4) is 0 Å². The first-order valence-corrected chi connectivity index (χ1v) is 9.53. The van der Waals surface area contributed by atoms with Crippen LogP contribution in [0.4, 0.5) is 0 Å². The highest BCUT2D eigenvalue weighted by molar-refractivity contribution is 7.86. The highest BCUT2D eigenvalue weighted by atomic mass is 32.2. The van der Waals surface area contributed by atoms with E-state index in [1.54, 1.807) is 24.3 Å². The zero-order valence-corrected chi connectivity index (χ0v) is 13.8. The Morgan fingerprint density at radius 2 is 2.00 bits per heavy atom. The summed E-state index contributed by atoms with van der Waals surface area (Å²) in [6, 6.07) is 6.77. The molecule has 3 rings (SSSR count). The van der Waals surface area contributed by atoms with Crippen LogP contribution in [0.1, 0.15) is 37.7 Å². The minimum atomic E-state index is -3.63. The molecule has 0 amide bonds. The van der Waals surface area contributed by atoms with E-state index >= 15 is 0 Å². The Bertz CT molecular complexity index is 580. The summed E-state index contributed by atoms with van der Waals surface area (Å²) in [4.78, 5) is 0.238. The molecule has 0 aromatic heterocycles. The lowest BCUT2D eigenvalue weighted by atomic mass is 9.96. The summed E-state index contributed by atoms with van der Waals surface area (Å²) in [6.07, 6.45) is 5.81. The molecule has 0 radical (unpaired) electrons. The van der Waals surface area contributed by atoms with Crippen LogP contribution in [0, 0.1) is 18.8 Å². The van der Waals surface area contributed by atoms with E-state index in [0.29, 0.717) is 17.9 Å². The largest absolute Gasteiger partial charge is 0.378 e. The van der Waals surface area contributed by atoms with Crippen LogP contribution in [-0.4, -0.2) is 27.7 Å². The van der Waals surface area contributed by atoms with E-state index in [0.717, 1.165) is 37.9 Å². The van der Waals surface area contributed by atoms with Crippen molar-refractivity contribution in [3.05, 3.63) is 29.8 Å². The van der Waals surface area contributed by atoms with Crippen LogP contribution < -0.4 is 0 Å². The van der Waals surface area contributed by atoms with E-state index in [1.165, 1.54) is 6.42 Å². The van der Waals surface area contributed by atoms with Crippen molar-refractivity contribution < 1.29 is 17.3 Å². The van der Waals surface area contributed by atoms with Gasteiger partial charge in [-0.05, 0) is 63.0 Å². The molecule has 5 heteroatoms. The van der Waals surface area contributed by atoms with E-state index in [-0.39, 0.29) is 11.5 Å². The Balaban J connectivity index is 1.49. The average molecular weight is 324 g/mol. The van der Waals surface area contributed by atoms with Crippen molar-refractivity contribution in [3.63, 3.8) is 0 Å². The summed E-state index contributed by atoms with van der Waals surface area (Å²) in [5.74, 6) is 1.20. The van der Waals surface area contributed by atoms with Crippen molar-refractivity contribution in [2.75, 3.05) is 13.2 Å². The topological polar surface area (TPSA) is 52.6 Å². The average Bonchev–Trinajstić information content (AvgIpc) is 2.90. The molecule has 3 unspecified atom stereocenters. The number of benzene rings is 1. The number of fused-ring (bicyclic) bond motifs is 1. The Morgan fingerprint density at radius 1 is 1.23 bits per heavy atom. The molecule has 4 nitrogen and oxygen atoms in total. The van der Waals surface area contributed by atoms with Crippen LogP contribution in [0.25, 0.3) is 0 Å². The highest BCUT2D eigenvalue weighted by Crippen LogP contribution is 2.40. The number of hydrogen-bond acceptors (Lipinski definition) is 4. The quantitative estimate of drug-likeness (QED) is 0.780. The van der Waals surface area contributed by atoms with Gasteiger partial charge in [-0.25, -0.2) is 0 Å². The van der Waals surface area contributed by atoms with Crippen molar-refractivity contribution in [1.82, 2.24) is 0 Å². The van der Waals surface area contributed by atoms with Crippen LogP contribution >= 0.6 is 0 Å². The summed E-state index contributed by atoms with van der Waals surface area (Å²) in [5.41, 5.74) is 1.03. The van der Waals surface area contributed by atoms with Crippen LogP contribution in [0.5, 0.6) is 0 Å². The van der Waals surface area contributed by atoms with Gasteiger partial charge in [0.1, 0.15) is 0 Å². The Kier molecular flexibility index (Phi) is 4.85. The molecule has 0 bridgehead atoms. The second-order valence-corrected chi connectivity index (χ2v) is 8.14. The summed E-state index contributed by atoms with van der Waals surface area (Å²) in [5, 5.41) is 0. The smallest absolute Gasteiger partial charge is 0.296 e. The molecule has 1 aliphatic heterocycles. The summed E-state index contributed by atoms with van der Waals surface area (Å²) < 4.78 is 35.2. The fourth-order valence-electron chi connectivity index (χ4n) is 3.62. The standard InChI is InChI=1S/C17H24O4S/c1-13-4-6-16(7-5-13)22(18,19)21-10-8-14-11-15-3-2-9-20-17(15)12-14/h4-7,14-15,17H,2-3,8-12H2,1H3. The van der Waals surface area contributed by atoms with E-state index < -0.39 is 10.1 Å². The first-order chi connectivity index (χ1) is 10.5. The second-order valence-electron chi connectivity index (χ2n) is 6.53. The molecule has 1 aromatic rings. The number of aryl methyl sites for hydroxylation is 1. The highest BCUT2D eigenvalue weighted by Gasteiger charge is 2.36. The summed E-state index contributed by atoms with van der Waals surface area (Å²) >= 11 is 0. The summed E-state index contributed by atoms with van der Waals surface area (Å²) in [6.45, 7) is 3.07. The molecule has 0 N–H and O–H groups in total. The SMILES string of the molecule is Cc1ccc(S(=O)(=O)OCCC2CC3CCCOC3C2)cc1. The molecular formula is C17H24O4S. The normalized spacial score (nSPS) is 28.5. The van der Waals surface area contributed by atoms with Gasteiger partial charge in [-0.2, -0.15) is 8.42 Å². The van der Waals surface area contributed by atoms with Gasteiger partial charge in [0.15, 0.2) is 0 Å². The van der Waals surface area contributed by atoms with Crippen molar-refractivity contribution in [3.8, 4) is 0 Å². The molecule has 22 heavy (non-hydrogen) atoms.